The monoisotopic (exact) mass is 274 g/mol. The van der Waals surface area contributed by atoms with Crippen LogP contribution in [-0.4, -0.2) is 24.1 Å². The SMILES string of the molecule is COC(=O)c1sc(NC(C)CC2CC2)nc1Cl. The van der Waals surface area contributed by atoms with Crippen molar-refractivity contribution < 1.29 is 9.53 Å². The molecule has 0 radical (unpaired) electrons. The molecule has 1 N–H and O–H groups in total. The second-order valence-electron chi connectivity index (χ2n) is 4.35. The number of carbonyl (C=O) groups is 1. The fourth-order valence-corrected chi connectivity index (χ4v) is 2.92. The van der Waals surface area contributed by atoms with Crippen molar-refractivity contribution in [1.82, 2.24) is 4.98 Å². The summed E-state index contributed by atoms with van der Waals surface area (Å²) in [6.45, 7) is 2.12. The molecule has 1 aromatic heterocycles. The maximum absolute atomic E-state index is 11.4. The molecular weight excluding hydrogens is 260 g/mol. The molecule has 17 heavy (non-hydrogen) atoms. The summed E-state index contributed by atoms with van der Waals surface area (Å²) in [6, 6.07) is 0.357. The quantitative estimate of drug-likeness (QED) is 0.838. The molecule has 0 aromatic carbocycles. The Morgan fingerprint density at radius 2 is 2.41 bits per heavy atom. The van der Waals surface area contributed by atoms with E-state index in [2.05, 4.69) is 22.0 Å². The van der Waals surface area contributed by atoms with Crippen molar-refractivity contribution in [3.63, 3.8) is 0 Å². The van der Waals surface area contributed by atoms with Gasteiger partial charge in [0.1, 0.15) is 0 Å². The van der Waals surface area contributed by atoms with Crippen molar-refractivity contribution in [2.45, 2.75) is 32.2 Å². The molecule has 1 saturated carbocycles. The van der Waals surface area contributed by atoms with Crippen LogP contribution in [0.5, 0.6) is 0 Å². The van der Waals surface area contributed by atoms with Crippen LogP contribution >= 0.6 is 22.9 Å². The zero-order valence-electron chi connectivity index (χ0n) is 9.83. The number of rotatable bonds is 5. The highest BCUT2D eigenvalue weighted by Gasteiger charge is 2.24. The minimum atomic E-state index is -0.435. The van der Waals surface area contributed by atoms with Crippen LogP contribution < -0.4 is 5.32 Å². The lowest BCUT2D eigenvalue weighted by atomic mass is 10.2. The lowest BCUT2D eigenvalue weighted by Gasteiger charge is -2.11. The van der Waals surface area contributed by atoms with Crippen molar-refractivity contribution in [2.24, 2.45) is 5.92 Å². The number of halogens is 1. The smallest absolute Gasteiger partial charge is 0.351 e. The molecule has 4 nitrogen and oxygen atoms in total. The molecule has 0 spiro atoms. The summed E-state index contributed by atoms with van der Waals surface area (Å²) in [5, 5.41) is 4.16. The number of thiazole rings is 1. The van der Waals surface area contributed by atoms with Crippen LogP contribution in [0.4, 0.5) is 5.13 Å². The van der Waals surface area contributed by atoms with Crippen molar-refractivity contribution in [2.75, 3.05) is 12.4 Å². The fourth-order valence-electron chi connectivity index (χ4n) is 1.71. The minimum absolute atomic E-state index is 0.211. The third-order valence-electron chi connectivity index (χ3n) is 2.71. The van der Waals surface area contributed by atoms with Crippen molar-refractivity contribution in [3.05, 3.63) is 10.0 Å². The van der Waals surface area contributed by atoms with Gasteiger partial charge in [0.05, 0.1) is 7.11 Å². The van der Waals surface area contributed by atoms with Gasteiger partial charge in [-0.15, -0.1) is 0 Å². The molecule has 1 atom stereocenters. The molecule has 1 fully saturated rings. The summed E-state index contributed by atoms with van der Waals surface area (Å²) in [5.41, 5.74) is 0. The standard InChI is InChI=1S/C11H15ClN2O2S/c1-6(5-7-3-4-7)13-11-14-9(12)8(17-11)10(15)16-2/h6-7H,3-5H2,1-2H3,(H,13,14). The van der Waals surface area contributed by atoms with E-state index >= 15 is 0 Å². The number of aromatic nitrogens is 1. The van der Waals surface area contributed by atoms with Gasteiger partial charge in [-0.05, 0) is 19.3 Å². The van der Waals surface area contributed by atoms with E-state index in [4.69, 9.17) is 11.6 Å². The first-order chi connectivity index (χ1) is 8.10. The molecule has 1 unspecified atom stereocenters. The molecule has 0 saturated heterocycles. The first-order valence-electron chi connectivity index (χ1n) is 5.61. The van der Waals surface area contributed by atoms with Gasteiger partial charge in [-0.3, -0.25) is 0 Å². The van der Waals surface area contributed by atoms with E-state index in [1.54, 1.807) is 0 Å². The molecule has 1 aliphatic carbocycles. The van der Waals surface area contributed by atoms with E-state index in [1.165, 1.54) is 31.3 Å². The van der Waals surface area contributed by atoms with Crippen LogP contribution in [-0.2, 0) is 4.74 Å². The van der Waals surface area contributed by atoms with Crippen LogP contribution in [0, 0.1) is 5.92 Å². The first-order valence-corrected chi connectivity index (χ1v) is 6.80. The molecule has 0 aliphatic heterocycles. The molecular formula is C11H15ClN2O2S. The highest BCUT2D eigenvalue weighted by Crippen LogP contribution is 2.35. The Hall–Kier alpha value is -0.810. The number of esters is 1. The molecule has 6 heteroatoms. The number of anilines is 1. The second-order valence-corrected chi connectivity index (χ2v) is 5.71. The Bertz CT molecular complexity index is 418. The van der Waals surface area contributed by atoms with Crippen molar-refractivity contribution in [1.29, 1.82) is 0 Å². The second kappa shape index (κ2) is 5.23. The normalized spacial score (nSPS) is 16.6. The predicted molar refractivity (Wildman–Crippen MR) is 68.9 cm³/mol. The van der Waals surface area contributed by atoms with Gasteiger partial charge in [0.25, 0.3) is 0 Å². The van der Waals surface area contributed by atoms with E-state index in [0.717, 1.165) is 12.3 Å². The van der Waals surface area contributed by atoms with Gasteiger partial charge in [-0.2, -0.15) is 0 Å². The van der Waals surface area contributed by atoms with E-state index in [-0.39, 0.29) is 5.15 Å². The number of nitrogens with zero attached hydrogens (tertiary/aromatic N) is 1. The van der Waals surface area contributed by atoms with Gasteiger partial charge in [-0.1, -0.05) is 35.8 Å². The van der Waals surface area contributed by atoms with Gasteiger partial charge in [0.2, 0.25) is 0 Å². The zero-order chi connectivity index (χ0) is 12.4. The maximum Gasteiger partial charge on any atom is 0.351 e. The summed E-state index contributed by atoms with van der Waals surface area (Å²) >= 11 is 7.12. The van der Waals surface area contributed by atoms with E-state index < -0.39 is 5.97 Å². The average Bonchev–Trinajstić information content (AvgIpc) is 3.00. The first kappa shape index (κ1) is 12.6. The minimum Gasteiger partial charge on any atom is -0.465 e. The highest BCUT2D eigenvalue weighted by molar-refractivity contribution is 7.18. The lowest BCUT2D eigenvalue weighted by molar-refractivity contribution is 0.0606. The topological polar surface area (TPSA) is 51.2 Å². The summed E-state index contributed by atoms with van der Waals surface area (Å²) in [6.07, 6.45) is 3.81. The van der Waals surface area contributed by atoms with Crippen molar-refractivity contribution in [3.8, 4) is 0 Å². The number of hydrogen-bond acceptors (Lipinski definition) is 5. The number of nitrogens with one attached hydrogen (secondary N) is 1. The van der Waals surface area contributed by atoms with Crippen LogP contribution in [0.15, 0.2) is 0 Å². The Morgan fingerprint density at radius 1 is 1.71 bits per heavy atom. The summed E-state index contributed by atoms with van der Waals surface area (Å²) < 4.78 is 4.63. The van der Waals surface area contributed by atoms with Gasteiger partial charge < -0.3 is 10.1 Å². The number of ether oxygens (including phenoxy) is 1. The highest BCUT2D eigenvalue weighted by atomic mass is 35.5. The number of methoxy groups -OCH3 is 1. The van der Waals surface area contributed by atoms with E-state index in [0.29, 0.717) is 16.1 Å². The van der Waals surface area contributed by atoms with Crippen LogP contribution in [0.3, 0.4) is 0 Å². The number of carbonyl (C=O) groups excluding carboxylic acids is 1. The summed E-state index contributed by atoms with van der Waals surface area (Å²) in [4.78, 5) is 15.8. The van der Waals surface area contributed by atoms with Crippen molar-refractivity contribution >= 4 is 34.0 Å². The Balaban J connectivity index is 1.98. The molecule has 0 amide bonds. The van der Waals surface area contributed by atoms with Gasteiger partial charge in [0, 0.05) is 6.04 Å². The molecule has 1 heterocycles. The van der Waals surface area contributed by atoms with Gasteiger partial charge >= 0.3 is 5.97 Å². The van der Waals surface area contributed by atoms with E-state index in [9.17, 15) is 4.79 Å². The predicted octanol–water partition coefficient (Wildman–Crippen LogP) is 3.18. The summed E-state index contributed by atoms with van der Waals surface area (Å²) in [5.74, 6) is 0.420. The zero-order valence-corrected chi connectivity index (χ0v) is 11.4. The summed E-state index contributed by atoms with van der Waals surface area (Å²) in [7, 11) is 1.33. The van der Waals surface area contributed by atoms with Crippen LogP contribution in [0.2, 0.25) is 5.15 Å². The van der Waals surface area contributed by atoms with Gasteiger partial charge in [-0.25, -0.2) is 9.78 Å². The molecule has 2 rings (SSSR count). The Morgan fingerprint density at radius 3 is 3.00 bits per heavy atom. The van der Waals surface area contributed by atoms with Crippen LogP contribution in [0.25, 0.3) is 0 Å². The lowest BCUT2D eigenvalue weighted by Crippen LogP contribution is -2.15. The maximum atomic E-state index is 11.4. The molecule has 1 aromatic rings. The molecule has 0 bridgehead atoms. The Labute approximate surface area is 109 Å². The third-order valence-corrected chi connectivity index (χ3v) is 4.06. The largest absolute Gasteiger partial charge is 0.465 e. The van der Waals surface area contributed by atoms with E-state index in [1.807, 2.05) is 0 Å². The molecule has 94 valence electrons. The number of hydrogen-bond donors (Lipinski definition) is 1. The third kappa shape index (κ3) is 3.33. The fraction of sp³-hybridized carbons (Fsp3) is 0.636. The van der Waals surface area contributed by atoms with Gasteiger partial charge in [0.15, 0.2) is 15.2 Å². The van der Waals surface area contributed by atoms with Crippen LogP contribution in [0.1, 0.15) is 35.9 Å². The average molecular weight is 275 g/mol. The molecule has 1 aliphatic rings. The Kier molecular flexibility index (Phi) is 3.89.